The summed E-state index contributed by atoms with van der Waals surface area (Å²) in [6.07, 6.45) is 1.12. The Kier molecular flexibility index (Phi) is 8.19. The monoisotopic (exact) mass is 522 g/mol. The lowest BCUT2D eigenvalue weighted by Crippen LogP contribution is -2.49. The molecule has 1 fully saturated rings. The van der Waals surface area contributed by atoms with Gasteiger partial charge in [0.15, 0.2) is 0 Å². The maximum atomic E-state index is 14.5. The van der Waals surface area contributed by atoms with E-state index < -0.39 is 40.6 Å². The lowest BCUT2D eigenvalue weighted by atomic mass is 9.98. The largest absolute Gasteiger partial charge is 0.466 e. The maximum absolute atomic E-state index is 14.5. The van der Waals surface area contributed by atoms with Crippen molar-refractivity contribution in [3.8, 4) is 5.69 Å². The van der Waals surface area contributed by atoms with Gasteiger partial charge in [-0.05, 0) is 49.4 Å². The molecule has 4 rings (SSSR count). The third-order valence-corrected chi connectivity index (χ3v) is 6.68. The Labute approximate surface area is 219 Å². The van der Waals surface area contributed by atoms with Gasteiger partial charge in [0.2, 0.25) is 5.69 Å². The molecule has 1 aromatic heterocycles. The summed E-state index contributed by atoms with van der Waals surface area (Å²) in [6.45, 7) is 6.04. The molecular formula is C28H31FN4O5. The molecule has 38 heavy (non-hydrogen) atoms. The highest BCUT2D eigenvalue weighted by molar-refractivity contribution is 5.92. The van der Waals surface area contributed by atoms with Gasteiger partial charge < -0.3 is 9.64 Å². The van der Waals surface area contributed by atoms with Gasteiger partial charge in [0.25, 0.3) is 11.5 Å². The average Bonchev–Trinajstić information content (AvgIpc) is 2.92. The van der Waals surface area contributed by atoms with E-state index in [0.29, 0.717) is 25.1 Å². The van der Waals surface area contributed by atoms with Gasteiger partial charge in [0, 0.05) is 18.7 Å². The number of hydrogen-bond acceptors (Lipinski definition) is 6. The van der Waals surface area contributed by atoms with Crippen LogP contribution in [0.4, 0.5) is 4.39 Å². The minimum atomic E-state index is -0.920. The van der Waals surface area contributed by atoms with Crippen LogP contribution in [0.15, 0.2) is 58.1 Å². The number of carbonyl (C=O) groups excluding carboxylic acids is 2. The van der Waals surface area contributed by atoms with Crippen LogP contribution in [0, 0.1) is 11.7 Å². The van der Waals surface area contributed by atoms with Crippen molar-refractivity contribution in [3.63, 3.8) is 0 Å². The highest BCUT2D eigenvalue weighted by atomic mass is 19.1. The molecule has 0 aliphatic carbocycles. The van der Waals surface area contributed by atoms with E-state index in [2.05, 4.69) is 5.10 Å². The average molecular weight is 523 g/mol. The third kappa shape index (κ3) is 5.58. The number of carbonyl (C=O) groups is 2. The number of nitrogens with zero attached hydrogens (tertiary/aromatic N) is 4. The maximum Gasteiger partial charge on any atom is 0.352 e. The van der Waals surface area contributed by atoms with Gasteiger partial charge >= 0.3 is 11.7 Å². The number of ether oxygens (including phenoxy) is 1. The zero-order valence-corrected chi connectivity index (χ0v) is 21.7. The Bertz CT molecular complexity index is 1440. The molecule has 0 unspecified atom stereocenters. The molecule has 0 saturated carbocycles. The predicted octanol–water partition coefficient (Wildman–Crippen LogP) is 3.12. The quantitative estimate of drug-likeness (QED) is 0.442. The Balaban J connectivity index is 1.80. The van der Waals surface area contributed by atoms with Crippen molar-refractivity contribution >= 4 is 11.9 Å². The fourth-order valence-electron chi connectivity index (χ4n) is 4.52. The Hall–Kier alpha value is -4.08. The summed E-state index contributed by atoms with van der Waals surface area (Å²) < 4.78 is 21.4. The molecule has 9 nitrogen and oxygen atoms in total. The van der Waals surface area contributed by atoms with Crippen LogP contribution in [0.2, 0.25) is 0 Å². The highest BCUT2D eigenvalue weighted by Gasteiger charge is 2.32. The Morgan fingerprint density at radius 2 is 1.82 bits per heavy atom. The second kappa shape index (κ2) is 11.5. The normalized spacial score (nSPS) is 15.5. The Morgan fingerprint density at radius 1 is 1.11 bits per heavy atom. The first-order chi connectivity index (χ1) is 18.2. The molecule has 1 aliphatic heterocycles. The van der Waals surface area contributed by atoms with Crippen molar-refractivity contribution < 1.29 is 18.7 Å². The number of rotatable bonds is 7. The molecule has 3 aromatic rings. The smallest absolute Gasteiger partial charge is 0.352 e. The summed E-state index contributed by atoms with van der Waals surface area (Å²) in [7, 11) is 0. The van der Waals surface area contributed by atoms with Gasteiger partial charge in [-0.15, -0.1) is 0 Å². The molecule has 1 saturated heterocycles. The van der Waals surface area contributed by atoms with E-state index >= 15 is 0 Å². The van der Waals surface area contributed by atoms with Gasteiger partial charge in [-0.2, -0.15) is 9.78 Å². The fourth-order valence-corrected chi connectivity index (χ4v) is 4.52. The molecule has 200 valence electrons. The number of aromatic nitrogens is 3. The van der Waals surface area contributed by atoms with Gasteiger partial charge in [0.05, 0.1) is 24.8 Å². The van der Waals surface area contributed by atoms with E-state index in [1.807, 2.05) is 26.0 Å². The minimum absolute atomic E-state index is 0.0777. The fraction of sp³-hybridized carbons (Fsp3) is 0.393. The molecule has 2 heterocycles. The van der Waals surface area contributed by atoms with Crippen molar-refractivity contribution in [1.82, 2.24) is 19.2 Å². The van der Waals surface area contributed by atoms with Gasteiger partial charge in [0.1, 0.15) is 5.82 Å². The number of likely N-dealkylation sites (tertiary alicyclic amines) is 1. The van der Waals surface area contributed by atoms with E-state index in [1.165, 1.54) is 23.1 Å². The van der Waals surface area contributed by atoms with Crippen LogP contribution in [0.5, 0.6) is 0 Å². The summed E-state index contributed by atoms with van der Waals surface area (Å²) in [5.74, 6) is -1.93. The number of esters is 1. The summed E-state index contributed by atoms with van der Waals surface area (Å²) in [5, 5.41) is 4.19. The molecule has 0 bridgehead atoms. The second-order valence-electron chi connectivity index (χ2n) is 9.61. The molecule has 1 aliphatic rings. The predicted molar refractivity (Wildman–Crippen MR) is 139 cm³/mol. The highest BCUT2D eigenvalue weighted by Crippen LogP contribution is 2.20. The van der Waals surface area contributed by atoms with Gasteiger partial charge in [-0.3, -0.25) is 19.0 Å². The summed E-state index contributed by atoms with van der Waals surface area (Å²) in [5.41, 5.74) is -0.668. The van der Waals surface area contributed by atoms with Crippen LogP contribution in [0.25, 0.3) is 5.69 Å². The molecule has 0 radical (unpaired) electrons. The number of amides is 1. The standard InChI is InChI=1S/C28H31FN4O5/c1-4-38-27(36)21-9-7-15-31(16-21)25(34)24-26(35)32(17-20-8-5-6-10-23(20)29)28(37)33(30-24)22-13-11-19(12-14-22)18(2)3/h5-6,8,10-14,18,21H,4,7,9,15-17H2,1-3H3/t21-/m1/s1. The van der Waals surface area contributed by atoms with E-state index in [-0.39, 0.29) is 31.2 Å². The van der Waals surface area contributed by atoms with Crippen molar-refractivity contribution in [3.05, 3.63) is 92.0 Å². The summed E-state index contributed by atoms with van der Waals surface area (Å²) in [4.78, 5) is 54.2. The first-order valence-electron chi connectivity index (χ1n) is 12.7. The first-order valence-corrected chi connectivity index (χ1v) is 12.7. The summed E-state index contributed by atoms with van der Waals surface area (Å²) >= 11 is 0. The molecule has 10 heteroatoms. The van der Waals surface area contributed by atoms with E-state index in [0.717, 1.165) is 14.8 Å². The van der Waals surface area contributed by atoms with Crippen LogP contribution < -0.4 is 11.2 Å². The zero-order valence-electron chi connectivity index (χ0n) is 21.7. The van der Waals surface area contributed by atoms with E-state index in [4.69, 9.17) is 4.74 Å². The molecular weight excluding hydrogens is 491 g/mol. The van der Waals surface area contributed by atoms with Gasteiger partial charge in [-0.1, -0.05) is 44.2 Å². The molecule has 1 atom stereocenters. The lowest BCUT2D eigenvalue weighted by molar-refractivity contribution is -0.149. The van der Waals surface area contributed by atoms with Crippen LogP contribution in [-0.2, 0) is 16.1 Å². The van der Waals surface area contributed by atoms with Crippen molar-refractivity contribution in [2.45, 2.75) is 46.1 Å². The SMILES string of the molecule is CCOC(=O)[C@@H]1CCCN(C(=O)c2nn(-c3ccc(C(C)C)cc3)c(=O)n(Cc3ccccc3F)c2=O)C1. The third-order valence-electron chi connectivity index (χ3n) is 6.68. The number of halogens is 1. The number of piperidine rings is 1. The molecule has 0 N–H and O–H groups in total. The molecule has 1 amide bonds. The first kappa shape index (κ1) is 27.0. The van der Waals surface area contributed by atoms with Crippen molar-refractivity contribution in [2.75, 3.05) is 19.7 Å². The number of hydrogen-bond donors (Lipinski definition) is 0. The van der Waals surface area contributed by atoms with Crippen LogP contribution in [-0.4, -0.2) is 50.8 Å². The van der Waals surface area contributed by atoms with Gasteiger partial charge in [-0.25, -0.2) is 9.18 Å². The zero-order chi connectivity index (χ0) is 27.4. The minimum Gasteiger partial charge on any atom is -0.466 e. The van der Waals surface area contributed by atoms with Crippen molar-refractivity contribution in [2.24, 2.45) is 5.92 Å². The molecule has 0 spiro atoms. The number of benzene rings is 2. The van der Waals surface area contributed by atoms with Crippen LogP contribution in [0.1, 0.15) is 61.1 Å². The lowest BCUT2D eigenvalue weighted by Gasteiger charge is -2.31. The van der Waals surface area contributed by atoms with Crippen LogP contribution >= 0.6 is 0 Å². The van der Waals surface area contributed by atoms with E-state index in [1.54, 1.807) is 25.1 Å². The summed E-state index contributed by atoms with van der Waals surface area (Å²) in [6, 6.07) is 12.9. The van der Waals surface area contributed by atoms with Crippen LogP contribution in [0.3, 0.4) is 0 Å². The topological polar surface area (TPSA) is 104 Å². The molecule has 2 aromatic carbocycles. The second-order valence-corrected chi connectivity index (χ2v) is 9.61. The van der Waals surface area contributed by atoms with E-state index in [9.17, 15) is 23.6 Å². The Morgan fingerprint density at radius 3 is 2.47 bits per heavy atom. The van der Waals surface area contributed by atoms with Crippen molar-refractivity contribution in [1.29, 1.82) is 0 Å².